The van der Waals surface area contributed by atoms with Crippen molar-refractivity contribution in [3.05, 3.63) is 93.8 Å². The first-order valence-electron chi connectivity index (χ1n) is 10.5. The van der Waals surface area contributed by atoms with Crippen LogP contribution in [0.15, 0.2) is 76.1 Å². The summed E-state index contributed by atoms with van der Waals surface area (Å²) in [5, 5.41) is 13.3. The Kier molecular flexibility index (Phi) is 4.94. The number of fused-ring (bicyclic) bond motifs is 2. The zero-order chi connectivity index (χ0) is 23.1. The molecule has 5 aromatic rings. The van der Waals surface area contributed by atoms with E-state index in [1.165, 1.54) is 6.07 Å². The zero-order valence-electron chi connectivity index (χ0n) is 18.0. The lowest BCUT2D eigenvalue weighted by Crippen LogP contribution is -2.12. The number of benzene rings is 2. The van der Waals surface area contributed by atoms with Gasteiger partial charge in [-0.15, -0.1) is 0 Å². The number of hydrogen-bond acceptors (Lipinski definition) is 5. The van der Waals surface area contributed by atoms with Crippen LogP contribution in [0.5, 0.6) is 0 Å². The molecule has 3 N–H and O–H groups in total. The molecule has 0 aliphatic rings. The summed E-state index contributed by atoms with van der Waals surface area (Å²) in [5.74, 6) is -0.602. The van der Waals surface area contributed by atoms with Gasteiger partial charge in [0.05, 0.1) is 33.7 Å². The number of anilines is 1. The number of hydrogen-bond donors (Lipinski definition) is 3. The quantitative estimate of drug-likeness (QED) is 0.333. The molecule has 0 saturated carbocycles. The third-order valence-electron chi connectivity index (χ3n) is 5.65. The maximum Gasteiger partial charge on any atom is 0.337 e. The summed E-state index contributed by atoms with van der Waals surface area (Å²) in [6, 6.07) is 17.2. The molecule has 0 fully saturated rings. The van der Waals surface area contributed by atoms with Crippen molar-refractivity contribution in [1.29, 1.82) is 0 Å². The number of carboxylic acid groups (broad SMARTS) is 1. The van der Waals surface area contributed by atoms with Gasteiger partial charge in [-0.3, -0.25) is 9.78 Å². The smallest absolute Gasteiger partial charge is 0.337 e. The third-order valence-corrected chi connectivity index (χ3v) is 5.65. The standard InChI is InChI=1S/C26H21N3O4/c1-14-10-17(15(2)28-19-7-4-3-6-16(19)26(31)32)25-18(11-14)23(30)13-24(33-25)22-12-21-20(29-22)8-5-9-27-21/h3-13,15,28-29H,1-2H3,(H,31,32). The van der Waals surface area contributed by atoms with E-state index in [9.17, 15) is 14.7 Å². The highest BCUT2D eigenvalue weighted by Gasteiger charge is 2.19. The molecule has 3 heterocycles. The summed E-state index contributed by atoms with van der Waals surface area (Å²) in [6.07, 6.45) is 1.71. The minimum Gasteiger partial charge on any atom is -0.478 e. The van der Waals surface area contributed by atoms with Crippen molar-refractivity contribution in [3.8, 4) is 11.5 Å². The van der Waals surface area contributed by atoms with E-state index in [0.29, 0.717) is 28.1 Å². The van der Waals surface area contributed by atoms with Crippen LogP contribution in [-0.2, 0) is 0 Å². The molecule has 0 aliphatic heterocycles. The summed E-state index contributed by atoms with van der Waals surface area (Å²) in [6.45, 7) is 3.82. The molecule has 0 bridgehead atoms. The van der Waals surface area contributed by atoms with E-state index in [0.717, 1.165) is 22.2 Å². The molecule has 1 atom stereocenters. The SMILES string of the molecule is Cc1cc(C(C)Nc2ccccc2C(=O)O)c2oc(-c3cc4ncccc4[nH]3)cc(=O)c2c1. The molecular weight excluding hydrogens is 418 g/mol. The van der Waals surface area contributed by atoms with Crippen molar-refractivity contribution in [1.82, 2.24) is 9.97 Å². The first kappa shape index (κ1) is 20.5. The van der Waals surface area contributed by atoms with Crippen LogP contribution in [0.4, 0.5) is 5.69 Å². The van der Waals surface area contributed by atoms with Gasteiger partial charge in [0.15, 0.2) is 11.2 Å². The van der Waals surface area contributed by atoms with Crippen LogP contribution in [0.3, 0.4) is 0 Å². The number of carbonyl (C=O) groups is 1. The molecule has 0 amide bonds. The minimum absolute atomic E-state index is 0.152. The molecule has 3 aromatic heterocycles. The number of H-pyrrole nitrogens is 1. The van der Waals surface area contributed by atoms with Gasteiger partial charge in [-0.05, 0) is 55.8 Å². The minimum atomic E-state index is -1.01. The van der Waals surface area contributed by atoms with Crippen LogP contribution >= 0.6 is 0 Å². The summed E-state index contributed by atoms with van der Waals surface area (Å²) in [5.41, 5.74) is 4.93. The summed E-state index contributed by atoms with van der Waals surface area (Å²) in [7, 11) is 0. The highest BCUT2D eigenvalue weighted by atomic mass is 16.4. The maximum atomic E-state index is 13.0. The first-order chi connectivity index (χ1) is 15.9. The van der Waals surface area contributed by atoms with E-state index < -0.39 is 5.97 Å². The average Bonchev–Trinajstić information content (AvgIpc) is 3.23. The number of nitrogens with zero attached hydrogens (tertiary/aromatic N) is 1. The fourth-order valence-electron chi connectivity index (χ4n) is 4.08. The molecule has 0 spiro atoms. The van der Waals surface area contributed by atoms with Crippen LogP contribution < -0.4 is 10.7 Å². The van der Waals surface area contributed by atoms with Crippen LogP contribution in [-0.4, -0.2) is 21.0 Å². The van der Waals surface area contributed by atoms with Gasteiger partial charge >= 0.3 is 5.97 Å². The topological polar surface area (TPSA) is 108 Å². The van der Waals surface area contributed by atoms with E-state index in [4.69, 9.17) is 4.42 Å². The van der Waals surface area contributed by atoms with Crippen molar-refractivity contribution in [3.63, 3.8) is 0 Å². The molecule has 1 unspecified atom stereocenters. The molecule has 0 radical (unpaired) electrons. The largest absolute Gasteiger partial charge is 0.478 e. The Morgan fingerprint density at radius 2 is 1.94 bits per heavy atom. The number of para-hydroxylation sites is 1. The third kappa shape index (κ3) is 3.74. The molecule has 2 aromatic carbocycles. The van der Waals surface area contributed by atoms with Crippen molar-refractivity contribution in [2.45, 2.75) is 19.9 Å². The normalized spacial score (nSPS) is 12.2. The highest BCUT2D eigenvalue weighted by Crippen LogP contribution is 2.31. The lowest BCUT2D eigenvalue weighted by molar-refractivity contribution is 0.0698. The average molecular weight is 439 g/mol. The lowest BCUT2D eigenvalue weighted by Gasteiger charge is -2.19. The molecule has 164 valence electrons. The molecule has 0 aliphatic carbocycles. The second kappa shape index (κ2) is 7.94. The highest BCUT2D eigenvalue weighted by molar-refractivity contribution is 5.94. The van der Waals surface area contributed by atoms with Crippen LogP contribution in [0.25, 0.3) is 33.5 Å². The number of carboxylic acids is 1. The van der Waals surface area contributed by atoms with Crippen molar-refractivity contribution in [2.75, 3.05) is 5.32 Å². The molecule has 7 nitrogen and oxygen atoms in total. The van der Waals surface area contributed by atoms with Crippen LogP contribution in [0, 0.1) is 6.92 Å². The number of aromatic carboxylic acids is 1. The molecule has 0 saturated heterocycles. The van der Waals surface area contributed by atoms with Gasteiger partial charge in [0, 0.05) is 23.5 Å². The van der Waals surface area contributed by atoms with Crippen molar-refractivity contribution < 1.29 is 14.3 Å². The monoisotopic (exact) mass is 439 g/mol. The lowest BCUT2D eigenvalue weighted by atomic mass is 10.0. The zero-order valence-corrected chi connectivity index (χ0v) is 18.0. The number of nitrogens with one attached hydrogen (secondary N) is 2. The number of pyridine rings is 1. The van der Waals surface area contributed by atoms with E-state index in [1.54, 1.807) is 36.5 Å². The summed E-state index contributed by atoms with van der Waals surface area (Å²) in [4.78, 5) is 32.2. The van der Waals surface area contributed by atoms with Crippen LogP contribution in [0.1, 0.15) is 34.5 Å². The number of aromatic amines is 1. The summed E-state index contributed by atoms with van der Waals surface area (Å²) >= 11 is 0. The van der Waals surface area contributed by atoms with Crippen LogP contribution in [0.2, 0.25) is 0 Å². The van der Waals surface area contributed by atoms with Gasteiger partial charge in [-0.1, -0.05) is 18.2 Å². The van der Waals surface area contributed by atoms with Gasteiger partial charge in [0.1, 0.15) is 5.58 Å². The summed E-state index contributed by atoms with van der Waals surface area (Å²) < 4.78 is 6.27. The number of aromatic nitrogens is 2. The maximum absolute atomic E-state index is 13.0. The van der Waals surface area contributed by atoms with Gasteiger partial charge in [0.25, 0.3) is 0 Å². The molecule has 7 heteroatoms. The van der Waals surface area contributed by atoms with E-state index in [2.05, 4.69) is 15.3 Å². The van der Waals surface area contributed by atoms with Gasteiger partial charge in [0.2, 0.25) is 0 Å². The second-order valence-corrected chi connectivity index (χ2v) is 8.04. The number of rotatable bonds is 5. The predicted molar refractivity (Wildman–Crippen MR) is 128 cm³/mol. The molecule has 5 rings (SSSR count). The van der Waals surface area contributed by atoms with E-state index in [-0.39, 0.29) is 17.0 Å². The predicted octanol–water partition coefficient (Wildman–Crippen LogP) is 5.52. The van der Waals surface area contributed by atoms with E-state index in [1.807, 2.05) is 38.1 Å². The van der Waals surface area contributed by atoms with Crippen molar-refractivity contribution >= 4 is 33.7 Å². The molecule has 33 heavy (non-hydrogen) atoms. The Morgan fingerprint density at radius 3 is 2.73 bits per heavy atom. The first-order valence-corrected chi connectivity index (χ1v) is 10.5. The fraction of sp³-hybridized carbons (Fsp3) is 0.115. The Morgan fingerprint density at radius 1 is 1.12 bits per heavy atom. The Hall–Kier alpha value is -4.39. The number of aryl methyl sites for hydroxylation is 1. The molecular formula is C26H21N3O4. The second-order valence-electron chi connectivity index (χ2n) is 8.04. The van der Waals surface area contributed by atoms with Crippen molar-refractivity contribution in [2.24, 2.45) is 0 Å². The van der Waals surface area contributed by atoms with Gasteiger partial charge in [-0.2, -0.15) is 0 Å². The van der Waals surface area contributed by atoms with E-state index >= 15 is 0 Å². The Balaban J connectivity index is 1.64. The fourth-order valence-corrected chi connectivity index (χ4v) is 4.08. The Labute approximate surface area is 188 Å². The Bertz CT molecular complexity index is 1550. The van der Waals surface area contributed by atoms with Gasteiger partial charge in [-0.25, -0.2) is 4.79 Å². The van der Waals surface area contributed by atoms with Gasteiger partial charge < -0.3 is 19.8 Å².